The van der Waals surface area contributed by atoms with Crippen molar-refractivity contribution in [2.75, 3.05) is 11.1 Å². The van der Waals surface area contributed by atoms with Gasteiger partial charge in [-0.1, -0.05) is 35.9 Å². The zero-order chi connectivity index (χ0) is 22.8. The molecule has 2 aromatic heterocycles. The molecular weight excluding hydrogens is 436 g/mol. The molecule has 0 aliphatic heterocycles. The second-order valence-corrected chi connectivity index (χ2v) is 8.04. The number of nitrogens with one attached hydrogen (secondary N) is 1. The van der Waals surface area contributed by atoms with Crippen molar-refractivity contribution in [2.45, 2.75) is 6.54 Å². The van der Waals surface area contributed by atoms with Crippen molar-refractivity contribution >= 4 is 34.3 Å². The third-order valence-corrected chi connectivity index (χ3v) is 5.55. The number of ether oxygens (including phenoxy) is 1. The lowest BCUT2D eigenvalue weighted by Gasteiger charge is -2.08. The Morgan fingerprint density at radius 3 is 2.39 bits per heavy atom. The summed E-state index contributed by atoms with van der Waals surface area (Å²) in [5.41, 5.74) is 11.5. The van der Waals surface area contributed by atoms with E-state index < -0.39 is 0 Å². The van der Waals surface area contributed by atoms with Crippen LogP contribution in [0, 0.1) is 0 Å². The van der Waals surface area contributed by atoms with Crippen LogP contribution in [0.25, 0.3) is 22.2 Å². The number of aryl methyl sites for hydroxylation is 1. The zero-order valence-corrected chi connectivity index (χ0v) is 18.6. The molecule has 0 bridgehead atoms. The van der Waals surface area contributed by atoms with E-state index >= 15 is 0 Å². The standard InChI is InChI=1S/C25H21ClN6O/c1-32-23-12-20(27)8-11-22(23)31-24(32)28-13-16-2-9-21(10-3-16)33-25-29-14-18(15-30-25)17-4-6-19(26)7-5-17/h2-12,14-15H,13,27H2,1H3,(H,28,31). The zero-order valence-electron chi connectivity index (χ0n) is 17.9. The van der Waals surface area contributed by atoms with Crippen molar-refractivity contribution in [1.82, 2.24) is 19.5 Å². The summed E-state index contributed by atoms with van der Waals surface area (Å²) in [6.07, 6.45) is 3.46. The summed E-state index contributed by atoms with van der Waals surface area (Å²) in [4.78, 5) is 13.2. The molecule has 7 nitrogen and oxygen atoms in total. The van der Waals surface area contributed by atoms with Gasteiger partial charge in [0.05, 0.1) is 11.0 Å². The first kappa shape index (κ1) is 20.8. The summed E-state index contributed by atoms with van der Waals surface area (Å²) in [5.74, 6) is 1.45. The van der Waals surface area contributed by atoms with Gasteiger partial charge in [-0.2, -0.15) is 0 Å². The van der Waals surface area contributed by atoms with Gasteiger partial charge in [0.15, 0.2) is 0 Å². The number of halogens is 1. The third kappa shape index (κ3) is 4.58. The van der Waals surface area contributed by atoms with E-state index in [1.807, 2.05) is 78.3 Å². The fraction of sp³-hybridized carbons (Fsp3) is 0.0800. The Morgan fingerprint density at radius 1 is 0.939 bits per heavy atom. The number of anilines is 2. The molecule has 0 amide bonds. The van der Waals surface area contributed by atoms with Gasteiger partial charge in [-0.3, -0.25) is 0 Å². The van der Waals surface area contributed by atoms with Crippen molar-refractivity contribution in [1.29, 1.82) is 0 Å². The molecule has 0 aliphatic rings. The highest BCUT2D eigenvalue weighted by molar-refractivity contribution is 6.30. The quantitative estimate of drug-likeness (QED) is 0.320. The van der Waals surface area contributed by atoms with Crippen LogP contribution in [0.2, 0.25) is 5.02 Å². The molecular formula is C25H21ClN6O. The van der Waals surface area contributed by atoms with Gasteiger partial charge >= 0.3 is 6.01 Å². The molecule has 0 saturated carbocycles. The molecule has 0 aliphatic carbocycles. The number of hydrogen-bond donors (Lipinski definition) is 2. The van der Waals surface area contributed by atoms with Crippen LogP contribution in [0.4, 0.5) is 11.6 Å². The number of imidazole rings is 1. The maximum absolute atomic E-state index is 5.94. The minimum absolute atomic E-state index is 0.289. The molecule has 5 aromatic rings. The molecule has 8 heteroatoms. The highest BCUT2D eigenvalue weighted by atomic mass is 35.5. The average molecular weight is 457 g/mol. The molecule has 2 heterocycles. The Labute approximate surface area is 195 Å². The molecule has 0 saturated heterocycles. The Bertz CT molecular complexity index is 1400. The van der Waals surface area contributed by atoms with Gasteiger partial charge in [0.25, 0.3) is 0 Å². The van der Waals surface area contributed by atoms with Crippen molar-refractivity contribution in [3.8, 4) is 22.9 Å². The fourth-order valence-electron chi connectivity index (χ4n) is 3.49. The van der Waals surface area contributed by atoms with Crippen LogP contribution in [0.15, 0.2) is 79.1 Å². The van der Waals surface area contributed by atoms with Crippen LogP contribution in [0.3, 0.4) is 0 Å². The maximum Gasteiger partial charge on any atom is 0.321 e. The van der Waals surface area contributed by atoms with E-state index in [0.717, 1.165) is 39.4 Å². The van der Waals surface area contributed by atoms with Gasteiger partial charge in [0.2, 0.25) is 5.95 Å². The van der Waals surface area contributed by atoms with Crippen molar-refractivity contribution in [2.24, 2.45) is 7.05 Å². The van der Waals surface area contributed by atoms with Gasteiger partial charge in [-0.05, 0) is 53.6 Å². The monoisotopic (exact) mass is 456 g/mol. The predicted molar refractivity (Wildman–Crippen MR) is 131 cm³/mol. The van der Waals surface area contributed by atoms with E-state index in [4.69, 9.17) is 22.1 Å². The summed E-state index contributed by atoms with van der Waals surface area (Å²) in [6.45, 7) is 0.624. The fourth-order valence-corrected chi connectivity index (χ4v) is 3.61. The molecule has 33 heavy (non-hydrogen) atoms. The number of nitrogens with two attached hydrogens (primary N) is 1. The van der Waals surface area contributed by atoms with E-state index in [-0.39, 0.29) is 6.01 Å². The molecule has 0 unspecified atom stereocenters. The van der Waals surface area contributed by atoms with Crippen LogP contribution in [-0.2, 0) is 13.6 Å². The second-order valence-electron chi connectivity index (χ2n) is 7.60. The summed E-state index contributed by atoms with van der Waals surface area (Å²) < 4.78 is 7.78. The molecule has 0 spiro atoms. The van der Waals surface area contributed by atoms with Gasteiger partial charge in [-0.25, -0.2) is 15.0 Å². The topological polar surface area (TPSA) is 90.9 Å². The molecule has 3 aromatic carbocycles. The van der Waals surface area contributed by atoms with Crippen molar-refractivity contribution < 1.29 is 4.74 Å². The first-order valence-corrected chi connectivity index (χ1v) is 10.7. The molecule has 0 atom stereocenters. The summed E-state index contributed by atoms with van der Waals surface area (Å²) >= 11 is 5.94. The van der Waals surface area contributed by atoms with Gasteiger partial charge in [0, 0.05) is 42.3 Å². The van der Waals surface area contributed by atoms with Crippen molar-refractivity contribution in [3.05, 3.63) is 89.7 Å². The average Bonchev–Trinajstić information content (AvgIpc) is 3.14. The molecule has 0 radical (unpaired) electrons. The number of rotatable bonds is 6. The van der Waals surface area contributed by atoms with Crippen molar-refractivity contribution in [3.63, 3.8) is 0 Å². The Hall–Kier alpha value is -4.10. The smallest absolute Gasteiger partial charge is 0.321 e. The first-order chi connectivity index (χ1) is 16.0. The predicted octanol–water partition coefficient (Wildman–Crippen LogP) is 5.67. The lowest BCUT2D eigenvalue weighted by atomic mass is 10.1. The lowest BCUT2D eigenvalue weighted by Crippen LogP contribution is -2.05. The van der Waals surface area contributed by atoms with Crippen LogP contribution < -0.4 is 15.8 Å². The minimum atomic E-state index is 0.289. The first-order valence-electron chi connectivity index (χ1n) is 10.4. The van der Waals surface area contributed by atoms with Crippen LogP contribution in [0.5, 0.6) is 11.8 Å². The van der Waals surface area contributed by atoms with E-state index in [2.05, 4.69) is 20.3 Å². The van der Waals surface area contributed by atoms with E-state index in [1.165, 1.54) is 0 Å². The number of benzene rings is 3. The lowest BCUT2D eigenvalue weighted by molar-refractivity contribution is 0.442. The second kappa shape index (κ2) is 8.80. The van der Waals surface area contributed by atoms with Gasteiger partial charge in [0.1, 0.15) is 5.75 Å². The maximum atomic E-state index is 5.94. The summed E-state index contributed by atoms with van der Waals surface area (Å²) in [7, 11) is 1.96. The minimum Gasteiger partial charge on any atom is -0.424 e. The number of nitrogens with zero attached hydrogens (tertiary/aromatic N) is 4. The molecule has 164 valence electrons. The van der Waals surface area contributed by atoms with Crippen LogP contribution in [-0.4, -0.2) is 19.5 Å². The number of nitrogen functional groups attached to an aromatic ring is 1. The van der Waals surface area contributed by atoms with E-state index in [9.17, 15) is 0 Å². The van der Waals surface area contributed by atoms with E-state index in [0.29, 0.717) is 17.3 Å². The molecule has 5 rings (SSSR count). The number of aromatic nitrogens is 4. The highest BCUT2D eigenvalue weighted by Crippen LogP contribution is 2.24. The molecule has 0 fully saturated rings. The summed E-state index contributed by atoms with van der Waals surface area (Å²) in [5, 5.41) is 4.06. The van der Waals surface area contributed by atoms with Gasteiger partial charge in [-0.15, -0.1) is 0 Å². The molecule has 3 N–H and O–H groups in total. The summed E-state index contributed by atoms with van der Waals surface area (Å²) in [6, 6.07) is 21.3. The Balaban J connectivity index is 1.22. The largest absolute Gasteiger partial charge is 0.424 e. The normalized spacial score (nSPS) is 11.0. The number of fused-ring (bicyclic) bond motifs is 1. The van der Waals surface area contributed by atoms with Gasteiger partial charge < -0.3 is 20.4 Å². The van der Waals surface area contributed by atoms with E-state index in [1.54, 1.807) is 12.4 Å². The number of hydrogen-bond acceptors (Lipinski definition) is 6. The third-order valence-electron chi connectivity index (χ3n) is 5.29. The Kier molecular flexibility index (Phi) is 5.54. The highest BCUT2D eigenvalue weighted by Gasteiger charge is 2.08. The van der Waals surface area contributed by atoms with Crippen LogP contribution in [0.1, 0.15) is 5.56 Å². The van der Waals surface area contributed by atoms with Crippen LogP contribution >= 0.6 is 11.6 Å². The Morgan fingerprint density at radius 2 is 1.67 bits per heavy atom. The SMILES string of the molecule is Cn1c(NCc2ccc(Oc3ncc(-c4ccc(Cl)cc4)cn3)cc2)nc2ccc(N)cc21.